The van der Waals surface area contributed by atoms with E-state index in [0.717, 1.165) is 55.0 Å². The number of carbonyl (C=O) groups is 1. The number of hydrogen-bond acceptors (Lipinski definition) is 6. The molecule has 1 fully saturated rings. The molecule has 1 amide bonds. The predicted octanol–water partition coefficient (Wildman–Crippen LogP) is 4.74. The summed E-state index contributed by atoms with van der Waals surface area (Å²) < 4.78 is 0. The van der Waals surface area contributed by atoms with E-state index in [1.54, 1.807) is 17.5 Å². The Morgan fingerprint density at radius 1 is 1.23 bits per heavy atom. The van der Waals surface area contributed by atoms with Gasteiger partial charge in [0.05, 0.1) is 16.9 Å². The highest BCUT2D eigenvalue weighted by Crippen LogP contribution is 2.31. The Balaban J connectivity index is 1.42. The molecule has 1 aliphatic rings. The summed E-state index contributed by atoms with van der Waals surface area (Å²) in [6.45, 7) is 3.96. The minimum Gasteiger partial charge on any atom is -0.397 e. The predicted molar refractivity (Wildman–Crippen MR) is 130 cm³/mol. The van der Waals surface area contributed by atoms with Crippen molar-refractivity contribution >= 4 is 34.4 Å². The van der Waals surface area contributed by atoms with Crippen LogP contribution in [-0.2, 0) is 0 Å². The summed E-state index contributed by atoms with van der Waals surface area (Å²) in [6.07, 6.45) is 5.72. The van der Waals surface area contributed by atoms with Crippen LogP contribution < -0.4 is 21.7 Å². The molecule has 0 atom stereocenters. The Labute approximate surface area is 187 Å². The molecule has 31 heavy (non-hydrogen) atoms. The van der Waals surface area contributed by atoms with Gasteiger partial charge in [-0.3, -0.25) is 4.79 Å². The van der Waals surface area contributed by atoms with Crippen molar-refractivity contribution in [2.75, 3.05) is 29.0 Å². The molecule has 1 aliphatic heterocycles. The second-order valence-electron chi connectivity index (χ2n) is 8.24. The van der Waals surface area contributed by atoms with E-state index in [0.29, 0.717) is 16.9 Å². The fourth-order valence-corrected chi connectivity index (χ4v) is 4.82. The van der Waals surface area contributed by atoms with Crippen LogP contribution in [-0.4, -0.2) is 29.5 Å². The van der Waals surface area contributed by atoms with E-state index in [4.69, 9.17) is 11.5 Å². The van der Waals surface area contributed by atoms with E-state index in [1.807, 2.05) is 47.8 Å². The van der Waals surface area contributed by atoms with E-state index in [-0.39, 0.29) is 11.4 Å². The lowest BCUT2D eigenvalue weighted by Gasteiger charge is -2.39. The van der Waals surface area contributed by atoms with Gasteiger partial charge < -0.3 is 21.7 Å². The van der Waals surface area contributed by atoms with E-state index in [1.165, 1.54) is 0 Å². The number of piperidine rings is 1. The van der Waals surface area contributed by atoms with Crippen LogP contribution in [0.1, 0.15) is 43.0 Å². The number of aromatic nitrogens is 1. The average Bonchev–Trinajstić information content (AvgIpc) is 3.31. The standard InChI is InChI=1S/C24H29N5OS/c1-2-9-24(26)10-12-29(13-11-24)22-8-6-18(16-27-22)23(30)28-20-15-17(5-7-19(20)25)21-4-3-14-31-21/h3-8,14-16H,2,9-13,25-26H2,1H3,(H,28,30). The van der Waals surface area contributed by atoms with Crippen molar-refractivity contribution in [3.05, 3.63) is 59.6 Å². The first-order chi connectivity index (χ1) is 15.0. The largest absolute Gasteiger partial charge is 0.397 e. The quantitative estimate of drug-likeness (QED) is 0.486. The topological polar surface area (TPSA) is 97.3 Å². The first-order valence-electron chi connectivity index (χ1n) is 10.7. The third-order valence-electron chi connectivity index (χ3n) is 5.95. The normalized spacial score (nSPS) is 15.6. The van der Waals surface area contributed by atoms with Crippen LogP contribution in [0.15, 0.2) is 54.0 Å². The Hall–Kier alpha value is -2.90. The second kappa shape index (κ2) is 9.08. The lowest BCUT2D eigenvalue weighted by atomic mass is 9.84. The summed E-state index contributed by atoms with van der Waals surface area (Å²) in [4.78, 5) is 20.7. The smallest absolute Gasteiger partial charge is 0.257 e. The number of hydrogen-bond donors (Lipinski definition) is 3. The lowest BCUT2D eigenvalue weighted by Crippen LogP contribution is -2.50. The maximum atomic E-state index is 12.8. The molecule has 5 N–H and O–H groups in total. The van der Waals surface area contributed by atoms with Crippen molar-refractivity contribution in [3.8, 4) is 10.4 Å². The van der Waals surface area contributed by atoms with Gasteiger partial charge >= 0.3 is 0 Å². The highest BCUT2D eigenvalue weighted by Gasteiger charge is 2.30. The zero-order valence-electron chi connectivity index (χ0n) is 17.8. The molecule has 2 aromatic heterocycles. The van der Waals surface area contributed by atoms with E-state index >= 15 is 0 Å². The molecule has 3 aromatic rings. The van der Waals surface area contributed by atoms with Gasteiger partial charge in [-0.15, -0.1) is 11.3 Å². The molecule has 0 aliphatic carbocycles. The fourth-order valence-electron chi connectivity index (χ4n) is 4.09. The van der Waals surface area contributed by atoms with Crippen LogP contribution in [0.25, 0.3) is 10.4 Å². The molecule has 3 heterocycles. The number of rotatable bonds is 6. The third-order valence-corrected chi connectivity index (χ3v) is 6.87. The van der Waals surface area contributed by atoms with Crippen molar-refractivity contribution in [2.45, 2.75) is 38.1 Å². The highest BCUT2D eigenvalue weighted by atomic mass is 32.1. The average molecular weight is 436 g/mol. The molecule has 6 nitrogen and oxygen atoms in total. The van der Waals surface area contributed by atoms with Gasteiger partial charge in [-0.05, 0) is 60.5 Å². The number of nitrogens with one attached hydrogen (secondary N) is 1. The molecule has 0 saturated carbocycles. The number of nitrogens with two attached hydrogens (primary N) is 2. The number of nitrogen functional groups attached to an aromatic ring is 1. The maximum absolute atomic E-state index is 12.8. The number of thiophene rings is 1. The van der Waals surface area contributed by atoms with Crippen molar-refractivity contribution in [2.24, 2.45) is 5.73 Å². The van der Waals surface area contributed by atoms with Gasteiger partial charge in [0.1, 0.15) is 5.82 Å². The van der Waals surface area contributed by atoms with E-state index in [9.17, 15) is 4.79 Å². The molecule has 0 spiro atoms. The van der Waals surface area contributed by atoms with Crippen LogP contribution in [0, 0.1) is 0 Å². The number of nitrogens with zero attached hydrogens (tertiary/aromatic N) is 2. The van der Waals surface area contributed by atoms with Crippen LogP contribution in [0.3, 0.4) is 0 Å². The lowest BCUT2D eigenvalue weighted by molar-refractivity contribution is 0.102. The molecule has 0 radical (unpaired) electrons. The van der Waals surface area contributed by atoms with Gasteiger partial charge in [-0.1, -0.05) is 25.5 Å². The number of benzene rings is 1. The first-order valence-corrected chi connectivity index (χ1v) is 11.6. The molecular weight excluding hydrogens is 406 g/mol. The van der Waals surface area contributed by atoms with Crippen LogP contribution in [0.4, 0.5) is 17.2 Å². The highest BCUT2D eigenvalue weighted by molar-refractivity contribution is 7.13. The third kappa shape index (κ3) is 4.89. The molecule has 1 aromatic carbocycles. The molecule has 4 rings (SSSR count). The monoisotopic (exact) mass is 435 g/mol. The Morgan fingerprint density at radius 2 is 2.03 bits per heavy atom. The number of pyridine rings is 1. The summed E-state index contributed by atoms with van der Waals surface area (Å²) in [6, 6.07) is 13.4. The first kappa shape index (κ1) is 21.3. The Bertz CT molecular complexity index is 1020. The minimum atomic E-state index is -0.225. The molecular formula is C24H29N5OS. The number of amides is 1. The molecule has 0 unspecified atom stereocenters. The van der Waals surface area contributed by atoms with Crippen LogP contribution in [0.5, 0.6) is 0 Å². The van der Waals surface area contributed by atoms with Crippen LogP contribution in [0.2, 0.25) is 0 Å². The van der Waals surface area contributed by atoms with E-state index < -0.39 is 0 Å². The van der Waals surface area contributed by atoms with Gasteiger partial charge in [-0.25, -0.2) is 4.98 Å². The molecule has 0 bridgehead atoms. The van der Waals surface area contributed by atoms with Gasteiger partial charge in [0.2, 0.25) is 0 Å². The number of anilines is 3. The zero-order chi connectivity index (χ0) is 21.8. The zero-order valence-corrected chi connectivity index (χ0v) is 18.6. The summed E-state index contributed by atoms with van der Waals surface area (Å²) in [5, 5.41) is 4.95. The fraction of sp³-hybridized carbons (Fsp3) is 0.333. The summed E-state index contributed by atoms with van der Waals surface area (Å²) in [5.41, 5.74) is 15.2. The molecule has 162 valence electrons. The van der Waals surface area contributed by atoms with Gasteiger partial charge in [-0.2, -0.15) is 0 Å². The Morgan fingerprint density at radius 3 is 2.68 bits per heavy atom. The molecule has 1 saturated heterocycles. The molecule has 7 heteroatoms. The van der Waals surface area contributed by atoms with Gasteiger partial charge in [0.15, 0.2) is 0 Å². The SMILES string of the molecule is CCCC1(N)CCN(c2ccc(C(=O)Nc3cc(-c4cccs4)ccc3N)cn2)CC1. The summed E-state index contributed by atoms with van der Waals surface area (Å²) in [7, 11) is 0. The number of carbonyl (C=O) groups excluding carboxylic acids is 1. The summed E-state index contributed by atoms with van der Waals surface area (Å²) >= 11 is 1.65. The summed E-state index contributed by atoms with van der Waals surface area (Å²) in [5.74, 6) is 0.658. The van der Waals surface area contributed by atoms with Gasteiger partial charge in [0.25, 0.3) is 5.91 Å². The Kier molecular flexibility index (Phi) is 6.25. The van der Waals surface area contributed by atoms with E-state index in [2.05, 4.69) is 22.1 Å². The van der Waals surface area contributed by atoms with Crippen molar-refractivity contribution < 1.29 is 4.79 Å². The minimum absolute atomic E-state index is 0.0529. The second-order valence-corrected chi connectivity index (χ2v) is 9.19. The van der Waals surface area contributed by atoms with Crippen molar-refractivity contribution in [1.82, 2.24) is 4.98 Å². The maximum Gasteiger partial charge on any atom is 0.257 e. The van der Waals surface area contributed by atoms with Gasteiger partial charge in [0, 0.05) is 29.7 Å². The van der Waals surface area contributed by atoms with Crippen molar-refractivity contribution in [1.29, 1.82) is 0 Å². The van der Waals surface area contributed by atoms with Crippen LogP contribution >= 0.6 is 11.3 Å². The van der Waals surface area contributed by atoms with Crippen molar-refractivity contribution in [3.63, 3.8) is 0 Å².